The normalized spacial score (nSPS) is 22.2. The van der Waals surface area contributed by atoms with Crippen LogP contribution in [0.5, 0.6) is 0 Å². The molecule has 0 unspecified atom stereocenters. The molecule has 1 aliphatic heterocycles. The molecular weight excluding hydrogens is 210 g/mol. The van der Waals surface area contributed by atoms with Gasteiger partial charge in [0.1, 0.15) is 0 Å². The Balaban J connectivity index is 1.98. The highest BCUT2D eigenvalue weighted by Gasteiger charge is 2.29. The third-order valence-corrected chi connectivity index (χ3v) is 3.41. The van der Waals surface area contributed by atoms with Crippen molar-refractivity contribution in [2.24, 2.45) is 0 Å². The van der Waals surface area contributed by atoms with Gasteiger partial charge in [-0.1, -0.05) is 30.3 Å². The molecule has 2 rings (SSSR count). The SMILES string of the molecule is C#CC[C@H](O)[C@@H]1CCCN1Cc1ccccc1. The molecular formula is C15H19NO. The highest BCUT2D eigenvalue weighted by Crippen LogP contribution is 2.23. The maximum Gasteiger partial charge on any atom is 0.0804 e. The van der Waals surface area contributed by atoms with Crippen molar-refractivity contribution >= 4 is 0 Å². The maximum absolute atomic E-state index is 10.0. The van der Waals surface area contributed by atoms with Gasteiger partial charge in [-0.05, 0) is 24.9 Å². The van der Waals surface area contributed by atoms with Crippen molar-refractivity contribution in [2.75, 3.05) is 6.54 Å². The van der Waals surface area contributed by atoms with Crippen LogP contribution in [0.1, 0.15) is 24.8 Å². The van der Waals surface area contributed by atoms with Gasteiger partial charge >= 0.3 is 0 Å². The van der Waals surface area contributed by atoms with E-state index >= 15 is 0 Å². The number of aliphatic hydroxyl groups excluding tert-OH is 1. The van der Waals surface area contributed by atoms with E-state index in [0.717, 1.165) is 25.9 Å². The molecule has 1 aromatic rings. The number of nitrogens with zero attached hydrogens (tertiary/aromatic N) is 1. The van der Waals surface area contributed by atoms with E-state index in [1.54, 1.807) is 0 Å². The van der Waals surface area contributed by atoms with Gasteiger partial charge < -0.3 is 5.11 Å². The lowest BCUT2D eigenvalue weighted by molar-refractivity contribution is 0.0729. The summed E-state index contributed by atoms with van der Waals surface area (Å²) >= 11 is 0. The first kappa shape index (κ1) is 12.2. The summed E-state index contributed by atoms with van der Waals surface area (Å²) in [4.78, 5) is 2.34. The molecule has 0 amide bonds. The van der Waals surface area contributed by atoms with Gasteiger partial charge in [0.25, 0.3) is 0 Å². The molecule has 0 spiro atoms. The van der Waals surface area contributed by atoms with E-state index in [-0.39, 0.29) is 12.1 Å². The first-order valence-corrected chi connectivity index (χ1v) is 6.21. The van der Waals surface area contributed by atoms with Crippen LogP contribution in [0.4, 0.5) is 0 Å². The summed E-state index contributed by atoms with van der Waals surface area (Å²) in [7, 11) is 0. The van der Waals surface area contributed by atoms with E-state index in [1.165, 1.54) is 5.56 Å². The monoisotopic (exact) mass is 229 g/mol. The van der Waals surface area contributed by atoms with E-state index in [4.69, 9.17) is 6.42 Å². The Morgan fingerprint density at radius 3 is 2.88 bits per heavy atom. The number of terminal acetylenes is 1. The first-order valence-electron chi connectivity index (χ1n) is 6.21. The summed E-state index contributed by atoms with van der Waals surface area (Å²) in [5.41, 5.74) is 1.30. The molecule has 1 N–H and O–H groups in total. The molecule has 0 saturated carbocycles. The quantitative estimate of drug-likeness (QED) is 0.799. The Bertz CT molecular complexity index is 382. The predicted octanol–water partition coefficient (Wildman–Crippen LogP) is 2.04. The second-order valence-electron chi connectivity index (χ2n) is 4.64. The van der Waals surface area contributed by atoms with Crippen LogP contribution in [0.15, 0.2) is 30.3 Å². The second kappa shape index (κ2) is 5.86. The smallest absolute Gasteiger partial charge is 0.0804 e. The highest BCUT2D eigenvalue weighted by atomic mass is 16.3. The van der Waals surface area contributed by atoms with Crippen molar-refractivity contribution in [3.05, 3.63) is 35.9 Å². The molecule has 1 aliphatic rings. The Kier molecular flexibility index (Phi) is 4.19. The van der Waals surface area contributed by atoms with Crippen LogP contribution in [0.3, 0.4) is 0 Å². The zero-order valence-electron chi connectivity index (χ0n) is 10.0. The standard InChI is InChI=1S/C15H19NO/c1-2-7-15(17)14-10-6-11-16(14)12-13-8-4-3-5-9-13/h1,3-5,8-9,14-15,17H,6-7,10-12H2/t14-,15-/m0/s1. The van der Waals surface area contributed by atoms with Gasteiger partial charge in [0.05, 0.1) is 6.10 Å². The third kappa shape index (κ3) is 3.09. The van der Waals surface area contributed by atoms with Crippen molar-refractivity contribution in [1.82, 2.24) is 4.90 Å². The minimum Gasteiger partial charge on any atom is -0.391 e. The van der Waals surface area contributed by atoms with E-state index in [1.807, 2.05) is 6.07 Å². The Labute approximate surface area is 103 Å². The number of hydrogen-bond donors (Lipinski definition) is 1. The molecule has 1 aromatic carbocycles. The first-order chi connectivity index (χ1) is 8.31. The maximum atomic E-state index is 10.0. The summed E-state index contributed by atoms with van der Waals surface area (Å²) in [6, 6.07) is 10.6. The van der Waals surface area contributed by atoms with Gasteiger partial charge in [-0.25, -0.2) is 0 Å². The van der Waals surface area contributed by atoms with E-state index in [9.17, 15) is 5.11 Å². The van der Waals surface area contributed by atoms with Gasteiger partial charge in [-0.3, -0.25) is 4.90 Å². The number of hydrogen-bond acceptors (Lipinski definition) is 2. The van der Waals surface area contributed by atoms with Crippen LogP contribution >= 0.6 is 0 Å². The van der Waals surface area contributed by atoms with E-state index in [0.29, 0.717) is 6.42 Å². The lowest BCUT2D eigenvalue weighted by atomic mass is 10.1. The summed E-state index contributed by atoms with van der Waals surface area (Å²) in [6.07, 6.45) is 7.54. The minimum absolute atomic E-state index is 0.228. The van der Waals surface area contributed by atoms with Crippen molar-refractivity contribution in [3.8, 4) is 12.3 Å². The van der Waals surface area contributed by atoms with Crippen LogP contribution in [0.25, 0.3) is 0 Å². The van der Waals surface area contributed by atoms with Crippen LogP contribution in [-0.4, -0.2) is 28.7 Å². The number of aliphatic hydroxyl groups is 1. The summed E-state index contributed by atoms with van der Waals surface area (Å²) in [5, 5.41) is 10.0. The summed E-state index contributed by atoms with van der Waals surface area (Å²) < 4.78 is 0. The molecule has 1 fully saturated rings. The zero-order chi connectivity index (χ0) is 12.1. The molecule has 0 aliphatic carbocycles. The fourth-order valence-corrected chi connectivity index (χ4v) is 2.56. The predicted molar refractivity (Wildman–Crippen MR) is 69.3 cm³/mol. The molecule has 2 atom stereocenters. The lowest BCUT2D eigenvalue weighted by Crippen LogP contribution is -2.38. The lowest BCUT2D eigenvalue weighted by Gasteiger charge is -2.27. The van der Waals surface area contributed by atoms with Crippen LogP contribution in [0, 0.1) is 12.3 Å². The summed E-state index contributed by atoms with van der Waals surface area (Å²) in [6.45, 7) is 1.97. The zero-order valence-corrected chi connectivity index (χ0v) is 10.0. The Hall–Kier alpha value is -1.30. The average molecular weight is 229 g/mol. The van der Waals surface area contributed by atoms with Crippen molar-refractivity contribution in [3.63, 3.8) is 0 Å². The molecule has 2 heteroatoms. The second-order valence-corrected chi connectivity index (χ2v) is 4.64. The van der Waals surface area contributed by atoms with Crippen LogP contribution in [0.2, 0.25) is 0 Å². The molecule has 0 bridgehead atoms. The van der Waals surface area contributed by atoms with Crippen molar-refractivity contribution < 1.29 is 5.11 Å². The molecule has 90 valence electrons. The fraction of sp³-hybridized carbons (Fsp3) is 0.467. The third-order valence-electron chi connectivity index (χ3n) is 3.41. The average Bonchev–Trinajstić information content (AvgIpc) is 2.79. The van der Waals surface area contributed by atoms with Gasteiger partial charge in [-0.15, -0.1) is 12.3 Å². The van der Waals surface area contributed by atoms with Crippen molar-refractivity contribution in [2.45, 2.75) is 38.0 Å². The van der Waals surface area contributed by atoms with Crippen LogP contribution < -0.4 is 0 Å². The van der Waals surface area contributed by atoms with Gasteiger partial charge in [0.2, 0.25) is 0 Å². The van der Waals surface area contributed by atoms with Gasteiger partial charge in [0.15, 0.2) is 0 Å². The highest BCUT2D eigenvalue weighted by molar-refractivity contribution is 5.15. The van der Waals surface area contributed by atoms with E-state index < -0.39 is 0 Å². The number of benzene rings is 1. The molecule has 2 nitrogen and oxygen atoms in total. The van der Waals surface area contributed by atoms with Gasteiger partial charge in [0, 0.05) is 19.0 Å². The fourth-order valence-electron chi connectivity index (χ4n) is 2.56. The largest absolute Gasteiger partial charge is 0.391 e. The molecule has 0 radical (unpaired) electrons. The summed E-state index contributed by atoms with van der Waals surface area (Å²) in [5.74, 6) is 2.55. The molecule has 0 aromatic heterocycles. The van der Waals surface area contributed by atoms with Gasteiger partial charge in [-0.2, -0.15) is 0 Å². The molecule has 1 saturated heterocycles. The number of rotatable bonds is 4. The molecule has 17 heavy (non-hydrogen) atoms. The molecule has 1 heterocycles. The number of likely N-dealkylation sites (tertiary alicyclic amines) is 1. The Morgan fingerprint density at radius 1 is 1.41 bits per heavy atom. The van der Waals surface area contributed by atoms with E-state index in [2.05, 4.69) is 35.1 Å². The van der Waals surface area contributed by atoms with Crippen LogP contribution in [-0.2, 0) is 6.54 Å². The topological polar surface area (TPSA) is 23.5 Å². The Morgan fingerprint density at radius 2 is 2.18 bits per heavy atom. The van der Waals surface area contributed by atoms with Crippen molar-refractivity contribution in [1.29, 1.82) is 0 Å². The minimum atomic E-state index is -0.383.